The normalized spacial score (nSPS) is 16.8. The second-order valence-electron chi connectivity index (χ2n) is 7.97. The van der Waals surface area contributed by atoms with Gasteiger partial charge in [0, 0.05) is 6.54 Å². The van der Waals surface area contributed by atoms with E-state index in [1.54, 1.807) is 38.1 Å². The van der Waals surface area contributed by atoms with Gasteiger partial charge < -0.3 is 20.5 Å². The number of ether oxygens (including phenoxy) is 2. The van der Waals surface area contributed by atoms with Crippen molar-refractivity contribution >= 4 is 33.3 Å². The standard InChI is InChI=1S/C23H29N3O6S/c1-14-12-16(31-3)13-15(2)21(14)33(29,30)26-11-6-5-10-19(26)22(27)25-18-9-7-8-17(20(18)24)23(28)32-4/h7-9,12-13,19H,5-6,10-11,24H2,1-4H3,(H,25,27). The number of carbonyl (C=O) groups is 2. The van der Waals surface area contributed by atoms with Crippen LogP contribution in [0.15, 0.2) is 35.2 Å². The van der Waals surface area contributed by atoms with Gasteiger partial charge in [-0.15, -0.1) is 0 Å². The molecule has 10 heteroatoms. The molecule has 1 amide bonds. The lowest BCUT2D eigenvalue weighted by molar-refractivity contribution is -0.120. The molecule has 1 saturated heterocycles. The number of anilines is 2. The quantitative estimate of drug-likeness (QED) is 0.486. The summed E-state index contributed by atoms with van der Waals surface area (Å²) in [6, 6.07) is 7.03. The summed E-state index contributed by atoms with van der Waals surface area (Å²) in [4.78, 5) is 25.3. The van der Waals surface area contributed by atoms with Crippen LogP contribution in [0.4, 0.5) is 11.4 Å². The molecule has 9 nitrogen and oxygen atoms in total. The van der Waals surface area contributed by atoms with Crippen LogP contribution in [0.25, 0.3) is 0 Å². The monoisotopic (exact) mass is 475 g/mol. The molecule has 0 bridgehead atoms. The molecule has 2 aromatic rings. The van der Waals surface area contributed by atoms with Crippen molar-refractivity contribution in [3.63, 3.8) is 0 Å². The molecule has 0 spiro atoms. The number of para-hydroxylation sites is 1. The smallest absolute Gasteiger partial charge is 0.340 e. The lowest BCUT2D eigenvalue weighted by Gasteiger charge is -2.34. The lowest BCUT2D eigenvalue weighted by Crippen LogP contribution is -2.50. The third kappa shape index (κ3) is 4.81. The third-order valence-electron chi connectivity index (χ3n) is 5.76. The van der Waals surface area contributed by atoms with E-state index >= 15 is 0 Å². The highest BCUT2D eigenvalue weighted by Gasteiger charge is 2.39. The fourth-order valence-electron chi connectivity index (χ4n) is 4.19. The van der Waals surface area contributed by atoms with Crippen molar-refractivity contribution in [2.45, 2.75) is 44.0 Å². The van der Waals surface area contributed by atoms with Crippen LogP contribution in [0.5, 0.6) is 5.75 Å². The number of nitrogens with zero attached hydrogens (tertiary/aromatic N) is 1. The van der Waals surface area contributed by atoms with Gasteiger partial charge in [0.1, 0.15) is 11.8 Å². The van der Waals surface area contributed by atoms with Crippen LogP contribution in [-0.2, 0) is 19.6 Å². The summed E-state index contributed by atoms with van der Waals surface area (Å²) < 4.78 is 38.5. The van der Waals surface area contributed by atoms with Gasteiger partial charge in [0.05, 0.1) is 36.1 Å². The first-order valence-corrected chi connectivity index (χ1v) is 12.0. The van der Waals surface area contributed by atoms with E-state index in [-0.39, 0.29) is 28.4 Å². The minimum atomic E-state index is -3.96. The van der Waals surface area contributed by atoms with Crippen molar-refractivity contribution in [2.24, 2.45) is 0 Å². The summed E-state index contributed by atoms with van der Waals surface area (Å²) in [7, 11) is -1.20. The summed E-state index contributed by atoms with van der Waals surface area (Å²) in [6.07, 6.45) is 1.73. The topological polar surface area (TPSA) is 128 Å². The van der Waals surface area contributed by atoms with E-state index in [0.29, 0.717) is 36.1 Å². The predicted molar refractivity (Wildman–Crippen MR) is 125 cm³/mol. The Kier molecular flexibility index (Phi) is 7.28. The molecule has 3 N–H and O–H groups in total. The maximum atomic E-state index is 13.7. The number of esters is 1. The maximum absolute atomic E-state index is 13.7. The van der Waals surface area contributed by atoms with Gasteiger partial charge in [-0.2, -0.15) is 4.31 Å². The molecular formula is C23H29N3O6S. The molecule has 2 aromatic carbocycles. The number of nitrogen functional groups attached to an aromatic ring is 1. The molecule has 0 aromatic heterocycles. The summed E-state index contributed by atoms with van der Waals surface area (Å²) >= 11 is 0. The molecule has 3 rings (SSSR count). The molecule has 1 heterocycles. The van der Waals surface area contributed by atoms with Crippen LogP contribution in [0.1, 0.15) is 40.7 Å². The van der Waals surface area contributed by atoms with E-state index in [9.17, 15) is 18.0 Å². The van der Waals surface area contributed by atoms with Gasteiger partial charge >= 0.3 is 5.97 Å². The molecule has 0 radical (unpaired) electrons. The molecule has 1 aliphatic heterocycles. The Morgan fingerprint density at radius 1 is 1.12 bits per heavy atom. The zero-order chi connectivity index (χ0) is 24.3. The van der Waals surface area contributed by atoms with Crippen molar-refractivity contribution < 1.29 is 27.5 Å². The highest BCUT2D eigenvalue weighted by atomic mass is 32.2. The van der Waals surface area contributed by atoms with Gasteiger partial charge in [0.25, 0.3) is 0 Å². The minimum Gasteiger partial charge on any atom is -0.497 e. The first-order valence-electron chi connectivity index (χ1n) is 10.6. The number of nitrogens with two attached hydrogens (primary N) is 1. The van der Waals surface area contributed by atoms with Crippen LogP contribution in [-0.4, -0.2) is 51.4 Å². The van der Waals surface area contributed by atoms with Crippen molar-refractivity contribution in [3.05, 3.63) is 47.0 Å². The van der Waals surface area contributed by atoms with E-state index in [1.165, 1.54) is 24.6 Å². The number of aryl methyl sites for hydroxylation is 2. The van der Waals surface area contributed by atoms with Crippen LogP contribution in [0.3, 0.4) is 0 Å². The first-order chi connectivity index (χ1) is 15.6. The number of carbonyl (C=O) groups excluding carboxylic acids is 2. The van der Waals surface area contributed by atoms with Gasteiger partial charge in [0.15, 0.2) is 0 Å². The Morgan fingerprint density at radius 3 is 2.39 bits per heavy atom. The molecule has 0 saturated carbocycles. The largest absolute Gasteiger partial charge is 0.497 e. The number of hydrogen-bond acceptors (Lipinski definition) is 7. The average Bonchev–Trinajstić information content (AvgIpc) is 2.79. The van der Waals surface area contributed by atoms with Gasteiger partial charge in [-0.3, -0.25) is 4.79 Å². The van der Waals surface area contributed by atoms with Crippen molar-refractivity contribution in [1.29, 1.82) is 0 Å². The number of rotatable bonds is 6. The van der Waals surface area contributed by atoms with Crippen LogP contribution >= 0.6 is 0 Å². The Labute approximate surface area is 193 Å². The van der Waals surface area contributed by atoms with Crippen LogP contribution in [0, 0.1) is 13.8 Å². The van der Waals surface area contributed by atoms with Gasteiger partial charge in [-0.1, -0.05) is 12.5 Å². The average molecular weight is 476 g/mol. The molecule has 33 heavy (non-hydrogen) atoms. The molecule has 1 aliphatic rings. The third-order valence-corrected chi connectivity index (χ3v) is 7.98. The Hall–Kier alpha value is -3.11. The SMILES string of the molecule is COC(=O)c1cccc(NC(=O)C2CCCCN2S(=O)(=O)c2c(C)cc(OC)cc2C)c1N. The molecular weight excluding hydrogens is 446 g/mol. The highest BCUT2D eigenvalue weighted by molar-refractivity contribution is 7.89. The molecule has 1 atom stereocenters. The second-order valence-corrected chi connectivity index (χ2v) is 9.79. The summed E-state index contributed by atoms with van der Waals surface area (Å²) in [5.41, 5.74) is 7.56. The van der Waals surface area contributed by atoms with E-state index < -0.39 is 27.9 Å². The van der Waals surface area contributed by atoms with Gasteiger partial charge in [-0.05, 0) is 62.1 Å². The van der Waals surface area contributed by atoms with Crippen molar-refractivity contribution in [1.82, 2.24) is 4.31 Å². The fourth-order valence-corrected chi connectivity index (χ4v) is 6.26. The number of benzene rings is 2. The Bertz CT molecular complexity index is 1160. The first kappa shape index (κ1) is 24.5. The Morgan fingerprint density at radius 2 is 1.79 bits per heavy atom. The summed E-state index contributed by atoms with van der Waals surface area (Å²) in [6.45, 7) is 3.64. The maximum Gasteiger partial charge on any atom is 0.340 e. The number of sulfonamides is 1. The molecule has 1 fully saturated rings. The Balaban J connectivity index is 1.94. The van der Waals surface area contributed by atoms with Crippen molar-refractivity contribution in [2.75, 3.05) is 31.8 Å². The highest BCUT2D eigenvalue weighted by Crippen LogP contribution is 2.33. The van der Waals surface area contributed by atoms with E-state index in [1.807, 2.05) is 0 Å². The minimum absolute atomic E-state index is 0.0600. The summed E-state index contributed by atoms with van der Waals surface area (Å²) in [5, 5.41) is 2.70. The number of hydrogen-bond donors (Lipinski definition) is 2. The lowest BCUT2D eigenvalue weighted by atomic mass is 10.0. The molecule has 178 valence electrons. The number of methoxy groups -OCH3 is 2. The molecule has 0 aliphatic carbocycles. The summed E-state index contributed by atoms with van der Waals surface area (Å²) in [5.74, 6) is -0.565. The van der Waals surface area contributed by atoms with E-state index in [0.717, 1.165) is 0 Å². The molecule has 1 unspecified atom stereocenters. The number of piperidine rings is 1. The zero-order valence-corrected chi connectivity index (χ0v) is 20.0. The van der Waals surface area contributed by atoms with Gasteiger partial charge in [0.2, 0.25) is 15.9 Å². The van der Waals surface area contributed by atoms with Crippen LogP contribution < -0.4 is 15.8 Å². The predicted octanol–water partition coefficient (Wildman–Crippen LogP) is 2.86. The van der Waals surface area contributed by atoms with E-state index in [4.69, 9.17) is 15.2 Å². The zero-order valence-electron chi connectivity index (χ0n) is 19.2. The van der Waals surface area contributed by atoms with Gasteiger partial charge in [-0.25, -0.2) is 13.2 Å². The van der Waals surface area contributed by atoms with E-state index in [2.05, 4.69) is 5.32 Å². The number of nitrogens with one attached hydrogen (secondary N) is 1. The second kappa shape index (κ2) is 9.80. The van der Waals surface area contributed by atoms with Crippen LogP contribution in [0.2, 0.25) is 0 Å². The number of amides is 1. The fraction of sp³-hybridized carbons (Fsp3) is 0.391. The van der Waals surface area contributed by atoms with Crippen molar-refractivity contribution in [3.8, 4) is 5.75 Å².